The Hall–Kier alpha value is -0.470. The van der Waals surface area contributed by atoms with Gasteiger partial charge in [0.25, 0.3) is 0 Å². The van der Waals surface area contributed by atoms with Gasteiger partial charge in [-0.2, -0.15) is 0 Å². The fourth-order valence-electron chi connectivity index (χ4n) is 6.33. The van der Waals surface area contributed by atoms with Gasteiger partial charge in [-0.1, -0.05) is 65.2 Å². The van der Waals surface area contributed by atoms with Crippen molar-refractivity contribution in [2.75, 3.05) is 0 Å². The van der Waals surface area contributed by atoms with Crippen molar-refractivity contribution in [3.63, 3.8) is 0 Å². The van der Waals surface area contributed by atoms with Crippen molar-refractivity contribution in [2.24, 2.45) is 0 Å². The minimum absolute atomic E-state index is 0.186. The summed E-state index contributed by atoms with van der Waals surface area (Å²) in [5.74, 6) is 0. The van der Waals surface area contributed by atoms with Crippen LogP contribution in [0.2, 0.25) is 0 Å². The molecule has 1 rings (SSSR count). The molecule has 3 N–H and O–H groups in total. The molecular formula is C37H71O3P. The molecule has 0 saturated carbocycles. The Labute approximate surface area is 256 Å². The molecule has 0 aliphatic rings. The van der Waals surface area contributed by atoms with Gasteiger partial charge >= 0.3 is 192 Å². The molecule has 41 heavy (non-hydrogen) atoms. The Kier molecular flexibility index (Phi) is 22.5. The van der Waals surface area contributed by atoms with Gasteiger partial charge in [-0.3, -0.25) is 0 Å². The number of rotatable bonds is 28. The van der Waals surface area contributed by atoms with Crippen molar-refractivity contribution in [3.05, 3.63) is 29.3 Å². The second kappa shape index (κ2) is 23.9. The van der Waals surface area contributed by atoms with Crippen LogP contribution in [0.5, 0.6) is 0 Å². The molecule has 0 aromatic heterocycles. The zero-order valence-corrected chi connectivity index (χ0v) is 29.0. The number of aryl methyl sites for hydroxylation is 1. The van der Waals surface area contributed by atoms with Crippen LogP contribution in [0.15, 0.2) is 18.2 Å². The molecule has 1 aromatic rings. The second-order valence-electron chi connectivity index (χ2n) is 13.7. The molecule has 0 fully saturated rings. The first-order valence-corrected chi connectivity index (χ1v) is 19.9. The zero-order valence-electron chi connectivity index (χ0n) is 28.0. The summed E-state index contributed by atoms with van der Waals surface area (Å²) >= 11 is 0. The molecule has 242 valence electrons. The Balaban J connectivity index is 2.33. The summed E-state index contributed by atoms with van der Waals surface area (Å²) in [5.41, 5.74) is 1.85. The van der Waals surface area contributed by atoms with E-state index >= 15 is 0 Å². The van der Waals surface area contributed by atoms with Crippen molar-refractivity contribution in [1.29, 1.82) is 0 Å². The number of benzene rings is 1. The van der Waals surface area contributed by atoms with Gasteiger partial charge in [0.05, 0.1) is 0 Å². The van der Waals surface area contributed by atoms with E-state index in [4.69, 9.17) is 0 Å². The molecule has 0 aliphatic heterocycles. The van der Waals surface area contributed by atoms with Gasteiger partial charge in [-0.05, 0) is 0 Å². The van der Waals surface area contributed by atoms with Crippen LogP contribution in [0.4, 0.5) is 0 Å². The van der Waals surface area contributed by atoms with E-state index in [1.807, 2.05) is 6.07 Å². The summed E-state index contributed by atoms with van der Waals surface area (Å²) < 4.78 is 0. The molecule has 4 heteroatoms. The van der Waals surface area contributed by atoms with Crippen molar-refractivity contribution in [2.45, 2.75) is 200 Å². The Bertz CT molecular complexity index is 740. The van der Waals surface area contributed by atoms with Gasteiger partial charge in [0.1, 0.15) is 0 Å². The van der Waals surface area contributed by atoms with E-state index in [1.54, 1.807) is 0 Å². The van der Waals surface area contributed by atoms with Crippen LogP contribution in [0.25, 0.3) is 0 Å². The molecular weight excluding hydrogens is 523 g/mol. The molecule has 0 bridgehead atoms. The van der Waals surface area contributed by atoms with Crippen LogP contribution in [0.3, 0.4) is 0 Å². The molecule has 0 saturated heterocycles. The van der Waals surface area contributed by atoms with Crippen LogP contribution in [0, 0.1) is 0 Å². The molecule has 3 nitrogen and oxygen atoms in total. The molecule has 0 unspecified atom stereocenters. The summed E-state index contributed by atoms with van der Waals surface area (Å²) in [4.78, 5) is 31.1. The van der Waals surface area contributed by atoms with Gasteiger partial charge < -0.3 is 0 Å². The third-order valence-corrected chi connectivity index (χ3v) is 10.3. The summed E-state index contributed by atoms with van der Waals surface area (Å²) in [6, 6.07) is 6.11. The van der Waals surface area contributed by atoms with Crippen LogP contribution < -0.4 is 5.30 Å². The Morgan fingerprint density at radius 2 is 0.878 bits per heavy atom. The van der Waals surface area contributed by atoms with Crippen molar-refractivity contribution in [1.82, 2.24) is 0 Å². The van der Waals surface area contributed by atoms with Crippen LogP contribution >= 0.6 is 7.94 Å². The van der Waals surface area contributed by atoms with Crippen LogP contribution in [0.1, 0.15) is 199 Å². The standard InChI is InChI=1S/C37H71O3P/c1-5-7-9-11-13-15-17-19-21-23-25-27-29-34-30-31-35(36(33-34)41(38,39)40)37(3,4)32-28-26-24-22-20-18-16-14-12-10-8-6-2/h30-31,33,38-41H,5-29,32H2,1-4H3. The van der Waals surface area contributed by atoms with E-state index in [2.05, 4.69) is 39.8 Å². The van der Waals surface area contributed by atoms with E-state index in [1.165, 1.54) is 141 Å². The topological polar surface area (TPSA) is 60.7 Å². The van der Waals surface area contributed by atoms with Gasteiger partial charge in [-0.15, -0.1) is 0 Å². The maximum atomic E-state index is 10.4. The van der Waals surface area contributed by atoms with Gasteiger partial charge in [0.15, 0.2) is 0 Å². The van der Waals surface area contributed by atoms with Gasteiger partial charge in [0.2, 0.25) is 0 Å². The Morgan fingerprint density at radius 3 is 1.27 bits per heavy atom. The fraction of sp³-hybridized carbons (Fsp3) is 0.838. The average Bonchev–Trinajstić information content (AvgIpc) is 2.93. The molecule has 1 aromatic carbocycles. The predicted octanol–water partition coefficient (Wildman–Crippen LogP) is 11.4. The third kappa shape index (κ3) is 19.4. The summed E-state index contributed by atoms with van der Waals surface area (Å²) in [7, 11) is -4.39. The molecule has 0 aliphatic carbocycles. The van der Waals surface area contributed by atoms with Crippen molar-refractivity contribution >= 4 is 13.2 Å². The van der Waals surface area contributed by atoms with E-state index in [-0.39, 0.29) is 5.41 Å². The summed E-state index contributed by atoms with van der Waals surface area (Å²) in [6.45, 7) is 8.93. The molecule has 0 amide bonds. The third-order valence-electron chi connectivity index (χ3n) is 9.15. The number of hydrogen-bond acceptors (Lipinski definition) is 3. The monoisotopic (exact) mass is 595 g/mol. The maximum absolute atomic E-state index is 10.4. The Morgan fingerprint density at radius 1 is 0.512 bits per heavy atom. The second-order valence-corrected chi connectivity index (χ2v) is 15.5. The zero-order chi connectivity index (χ0) is 30.2. The average molecular weight is 595 g/mol. The molecule has 0 heterocycles. The molecule has 0 radical (unpaired) electrons. The summed E-state index contributed by atoms with van der Waals surface area (Å²) in [5, 5.41) is 0.401. The normalized spacial score (nSPS) is 12.8. The number of hydrogen-bond donors (Lipinski definition) is 3. The van der Waals surface area contributed by atoms with E-state index in [9.17, 15) is 14.7 Å². The van der Waals surface area contributed by atoms with E-state index in [0.717, 1.165) is 36.8 Å². The SMILES string of the molecule is CCCCCCCCCCCCCCc1ccc(C(C)(C)CCCCCCCCCCCCCC)c([PH](O)(O)O)c1. The van der Waals surface area contributed by atoms with Gasteiger partial charge in [0, 0.05) is 0 Å². The minimum atomic E-state index is -4.39. The summed E-state index contributed by atoms with van der Waals surface area (Å²) in [6.07, 6.45) is 34.0. The predicted molar refractivity (Wildman–Crippen MR) is 185 cm³/mol. The van der Waals surface area contributed by atoms with E-state index < -0.39 is 7.94 Å². The molecule has 0 spiro atoms. The first-order valence-electron chi connectivity index (χ1n) is 18.0. The number of unbranched alkanes of at least 4 members (excludes halogenated alkanes) is 22. The quantitative estimate of drug-likeness (QED) is 0.0668. The van der Waals surface area contributed by atoms with Crippen molar-refractivity contribution < 1.29 is 14.7 Å². The van der Waals surface area contributed by atoms with Crippen LogP contribution in [-0.4, -0.2) is 14.7 Å². The van der Waals surface area contributed by atoms with Gasteiger partial charge in [-0.25, -0.2) is 0 Å². The first kappa shape index (κ1) is 38.6. The molecule has 0 atom stereocenters. The first-order chi connectivity index (χ1) is 19.7. The van der Waals surface area contributed by atoms with Crippen molar-refractivity contribution in [3.8, 4) is 0 Å². The van der Waals surface area contributed by atoms with E-state index in [0.29, 0.717) is 5.30 Å². The fourth-order valence-corrected chi connectivity index (χ4v) is 7.49. The van der Waals surface area contributed by atoms with Crippen LogP contribution in [-0.2, 0) is 11.8 Å².